The topological polar surface area (TPSA) is 12.5 Å². The average Bonchev–Trinajstić information content (AvgIpc) is 2.82. The van der Waals surface area contributed by atoms with E-state index < -0.39 is 0 Å². The second-order valence-corrected chi connectivity index (χ2v) is 3.48. The molecule has 0 saturated carbocycles. The molecular weight excluding hydrogens is 155 g/mol. The van der Waals surface area contributed by atoms with E-state index in [1.54, 1.807) is 6.07 Å². The molecule has 1 saturated heterocycles. The molecule has 1 fully saturated rings. The van der Waals surface area contributed by atoms with E-state index in [4.69, 9.17) is 4.74 Å². The van der Waals surface area contributed by atoms with Crippen LogP contribution in [0.1, 0.15) is 23.7 Å². The van der Waals surface area contributed by atoms with Crippen LogP contribution in [-0.2, 0) is 11.2 Å². The highest BCUT2D eigenvalue weighted by atomic mass is 19.1. The number of halogens is 1. The zero-order valence-electron chi connectivity index (χ0n) is 6.59. The molecule has 1 aromatic carbocycles. The van der Waals surface area contributed by atoms with Crippen LogP contribution in [0.4, 0.5) is 4.39 Å². The third-order valence-electron chi connectivity index (χ3n) is 2.70. The van der Waals surface area contributed by atoms with Gasteiger partial charge in [0.25, 0.3) is 0 Å². The van der Waals surface area contributed by atoms with Crippen molar-refractivity contribution in [3.8, 4) is 0 Å². The molecule has 1 aromatic rings. The molecule has 0 spiro atoms. The van der Waals surface area contributed by atoms with Gasteiger partial charge in [-0.3, -0.25) is 0 Å². The van der Waals surface area contributed by atoms with E-state index >= 15 is 0 Å². The molecular formula is C10H9FO. The van der Waals surface area contributed by atoms with E-state index in [1.165, 1.54) is 11.6 Å². The van der Waals surface area contributed by atoms with E-state index in [9.17, 15) is 4.39 Å². The lowest BCUT2D eigenvalue weighted by Gasteiger charge is -2.10. The molecule has 62 valence electrons. The van der Waals surface area contributed by atoms with Gasteiger partial charge in [0, 0.05) is 0 Å². The second kappa shape index (κ2) is 2.07. The molecule has 1 aliphatic carbocycles. The number of hydrogen-bond acceptors (Lipinski definition) is 1. The molecule has 0 bridgehead atoms. The first-order valence-corrected chi connectivity index (χ1v) is 4.28. The van der Waals surface area contributed by atoms with Gasteiger partial charge in [0.05, 0.1) is 6.10 Å². The number of aryl methyl sites for hydroxylation is 1. The minimum absolute atomic E-state index is 0.148. The summed E-state index contributed by atoms with van der Waals surface area (Å²) in [6, 6.07) is 5.02. The Kier molecular flexibility index (Phi) is 1.14. The minimum Gasteiger partial charge on any atom is -0.364 e. The predicted molar refractivity (Wildman–Crippen MR) is 42.3 cm³/mol. The smallest absolute Gasteiger partial charge is 0.123 e. The summed E-state index contributed by atoms with van der Waals surface area (Å²) in [5, 5.41) is 0. The van der Waals surface area contributed by atoms with Gasteiger partial charge in [-0.15, -0.1) is 0 Å². The van der Waals surface area contributed by atoms with Crippen molar-refractivity contribution in [2.24, 2.45) is 0 Å². The van der Waals surface area contributed by atoms with Gasteiger partial charge in [-0.1, -0.05) is 6.07 Å². The number of ether oxygens (including phenoxy) is 1. The zero-order chi connectivity index (χ0) is 8.13. The van der Waals surface area contributed by atoms with Gasteiger partial charge in [-0.2, -0.15) is 0 Å². The van der Waals surface area contributed by atoms with Crippen LogP contribution in [0.3, 0.4) is 0 Å². The van der Waals surface area contributed by atoms with Gasteiger partial charge >= 0.3 is 0 Å². The summed E-state index contributed by atoms with van der Waals surface area (Å²) in [7, 11) is 0. The fourth-order valence-electron chi connectivity index (χ4n) is 1.99. The fraction of sp³-hybridized carbons (Fsp3) is 0.400. The van der Waals surface area contributed by atoms with E-state index in [2.05, 4.69) is 0 Å². The highest BCUT2D eigenvalue weighted by Crippen LogP contribution is 2.46. The molecule has 0 radical (unpaired) electrons. The molecule has 12 heavy (non-hydrogen) atoms. The summed E-state index contributed by atoms with van der Waals surface area (Å²) >= 11 is 0. The molecule has 0 N–H and O–H groups in total. The third kappa shape index (κ3) is 0.815. The van der Waals surface area contributed by atoms with Crippen LogP contribution in [0.15, 0.2) is 18.2 Å². The highest BCUT2D eigenvalue weighted by Gasteiger charge is 2.43. The third-order valence-corrected chi connectivity index (χ3v) is 2.70. The Labute approximate surface area is 70.2 Å². The van der Waals surface area contributed by atoms with Crippen molar-refractivity contribution in [2.75, 3.05) is 0 Å². The van der Waals surface area contributed by atoms with Crippen molar-refractivity contribution >= 4 is 0 Å². The highest BCUT2D eigenvalue weighted by molar-refractivity contribution is 5.35. The first-order chi connectivity index (χ1) is 5.84. The van der Waals surface area contributed by atoms with Crippen molar-refractivity contribution in [3.05, 3.63) is 35.1 Å². The number of benzene rings is 1. The van der Waals surface area contributed by atoms with Crippen LogP contribution >= 0.6 is 0 Å². The van der Waals surface area contributed by atoms with Crippen LogP contribution in [0, 0.1) is 5.82 Å². The Hall–Kier alpha value is -0.890. The maximum absolute atomic E-state index is 12.8. The lowest BCUT2D eigenvalue weighted by molar-refractivity contribution is 0.372. The first kappa shape index (κ1) is 6.61. The van der Waals surface area contributed by atoms with E-state index in [0.29, 0.717) is 6.10 Å². The van der Waals surface area contributed by atoms with E-state index in [1.807, 2.05) is 6.07 Å². The van der Waals surface area contributed by atoms with Crippen LogP contribution < -0.4 is 0 Å². The molecule has 1 aliphatic heterocycles. The van der Waals surface area contributed by atoms with Gasteiger partial charge in [-0.25, -0.2) is 4.39 Å². The number of epoxide rings is 1. The summed E-state index contributed by atoms with van der Waals surface area (Å²) in [5.41, 5.74) is 2.33. The fourth-order valence-corrected chi connectivity index (χ4v) is 1.99. The lowest BCUT2D eigenvalue weighted by atomic mass is 9.92. The standard InChI is InChI=1S/C10H9FO/c11-7-3-1-6-2-4-9-10(12-9)8(6)5-7/h1,3,5,9-10H,2,4H2/t9-,10+/m1/s1. The average molecular weight is 164 g/mol. The lowest BCUT2D eigenvalue weighted by Crippen LogP contribution is -2.04. The molecule has 3 rings (SSSR count). The Morgan fingerprint density at radius 1 is 1.42 bits per heavy atom. The molecule has 2 atom stereocenters. The summed E-state index contributed by atoms with van der Waals surface area (Å²) in [4.78, 5) is 0. The maximum Gasteiger partial charge on any atom is 0.123 e. The summed E-state index contributed by atoms with van der Waals surface area (Å²) in [6.07, 6.45) is 2.74. The van der Waals surface area contributed by atoms with E-state index in [0.717, 1.165) is 18.4 Å². The van der Waals surface area contributed by atoms with Crippen molar-refractivity contribution in [1.29, 1.82) is 0 Å². The Morgan fingerprint density at radius 2 is 2.33 bits per heavy atom. The van der Waals surface area contributed by atoms with Gasteiger partial charge < -0.3 is 4.74 Å². The minimum atomic E-state index is -0.148. The quantitative estimate of drug-likeness (QED) is 0.535. The predicted octanol–water partition coefficient (Wildman–Crippen LogP) is 2.21. The van der Waals surface area contributed by atoms with Crippen molar-refractivity contribution in [2.45, 2.75) is 25.0 Å². The monoisotopic (exact) mass is 164 g/mol. The second-order valence-electron chi connectivity index (χ2n) is 3.48. The number of rotatable bonds is 0. The maximum atomic E-state index is 12.8. The first-order valence-electron chi connectivity index (χ1n) is 4.28. The largest absolute Gasteiger partial charge is 0.364 e. The summed E-state index contributed by atoms with van der Waals surface area (Å²) in [6.45, 7) is 0. The van der Waals surface area contributed by atoms with Crippen LogP contribution in [0.2, 0.25) is 0 Å². The normalized spacial score (nSPS) is 30.8. The van der Waals surface area contributed by atoms with Crippen LogP contribution in [0.5, 0.6) is 0 Å². The SMILES string of the molecule is Fc1ccc2c(c1)[C@@H]1O[C@@H]1CC2. The van der Waals surface area contributed by atoms with Gasteiger partial charge in [0.1, 0.15) is 11.9 Å². The molecule has 1 nitrogen and oxygen atoms in total. The Morgan fingerprint density at radius 3 is 3.25 bits per heavy atom. The van der Waals surface area contributed by atoms with Crippen molar-refractivity contribution in [3.63, 3.8) is 0 Å². The number of hydrogen-bond donors (Lipinski definition) is 0. The molecule has 2 heteroatoms. The molecule has 1 heterocycles. The molecule has 0 amide bonds. The van der Waals surface area contributed by atoms with Crippen molar-refractivity contribution < 1.29 is 9.13 Å². The number of fused-ring (bicyclic) bond motifs is 3. The van der Waals surface area contributed by atoms with Gasteiger partial charge in [0.15, 0.2) is 0 Å². The molecule has 0 unspecified atom stereocenters. The van der Waals surface area contributed by atoms with Gasteiger partial charge in [-0.05, 0) is 36.1 Å². The summed E-state index contributed by atoms with van der Waals surface area (Å²) < 4.78 is 18.2. The van der Waals surface area contributed by atoms with Crippen molar-refractivity contribution in [1.82, 2.24) is 0 Å². The Balaban J connectivity index is 2.14. The zero-order valence-corrected chi connectivity index (χ0v) is 6.59. The van der Waals surface area contributed by atoms with Crippen LogP contribution in [0.25, 0.3) is 0 Å². The molecule has 2 aliphatic rings. The Bertz CT molecular complexity index is 335. The summed E-state index contributed by atoms with van der Waals surface area (Å²) in [5.74, 6) is -0.148. The van der Waals surface area contributed by atoms with Crippen LogP contribution in [-0.4, -0.2) is 6.10 Å². The van der Waals surface area contributed by atoms with E-state index in [-0.39, 0.29) is 11.9 Å². The van der Waals surface area contributed by atoms with Gasteiger partial charge in [0.2, 0.25) is 0 Å². The molecule has 0 aromatic heterocycles.